The molecule has 1 aliphatic rings. The summed E-state index contributed by atoms with van der Waals surface area (Å²) < 4.78 is 5.40. The van der Waals surface area contributed by atoms with Crippen LogP contribution in [0.15, 0.2) is 0 Å². The number of hydrogen-bond acceptors (Lipinski definition) is 3. The SMILES string of the molecule is C[C@@H]1C[C@H](C)N(C(=O)OC(C)(C)C)CCN1. The van der Waals surface area contributed by atoms with Gasteiger partial charge in [0.2, 0.25) is 0 Å². The summed E-state index contributed by atoms with van der Waals surface area (Å²) >= 11 is 0. The van der Waals surface area contributed by atoms with Crippen molar-refractivity contribution >= 4 is 6.09 Å². The minimum absolute atomic E-state index is 0.198. The van der Waals surface area contributed by atoms with Crippen LogP contribution in [0.5, 0.6) is 0 Å². The van der Waals surface area contributed by atoms with Crippen LogP contribution in [0.2, 0.25) is 0 Å². The van der Waals surface area contributed by atoms with Crippen LogP contribution in [0.3, 0.4) is 0 Å². The fourth-order valence-electron chi connectivity index (χ4n) is 1.97. The molecule has 2 atom stereocenters. The molecule has 0 aromatic heterocycles. The van der Waals surface area contributed by atoms with Crippen LogP contribution >= 0.6 is 0 Å². The first kappa shape index (κ1) is 13.3. The van der Waals surface area contributed by atoms with Gasteiger partial charge in [-0.3, -0.25) is 0 Å². The summed E-state index contributed by atoms with van der Waals surface area (Å²) in [5, 5.41) is 3.37. The van der Waals surface area contributed by atoms with Gasteiger partial charge >= 0.3 is 6.09 Å². The Morgan fingerprint density at radius 1 is 1.38 bits per heavy atom. The lowest BCUT2D eigenvalue weighted by atomic mass is 10.1. The molecule has 0 bridgehead atoms. The van der Waals surface area contributed by atoms with Crippen LogP contribution in [0.1, 0.15) is 41.0 Å². The van der Waals surface area contributed by atoms with Gasteiger partial charge in [-0.05, 0) is 41.0 Å². The van der Waals surface area contributed by atoms with E-state index in [9.17, 15) is 4.79 Å². The van der Waals surface area contributed by atoms with Gasteiger partial charge in [-0.15, -0.1) is 0 Å². The third-order valence-electron chi connectivity index (χ3n) is 2.70. The van der Waals surface area contributed by atoms with Crippen molar-refractivity contribution in [3.05, 3.63) is 0 Å². The van der Waals surface area contributed by atoms with Crippen LogP contribution in [0.4, 0.5) is 4.79 Å². The Balaban J connectivity index is 2.60. The van der Waals surface area contributed by atoms with Gasteiger partial charge < -0.3 is 15.0 Å². The van der Waals surface area contributed by atoms with Gasteiger partial charge in [0.15, 0.2) is 0 Å². The molecule has 0 radical (unpaired) electrons. The van der Waals surface area contributed by atoms with E-state index in [0.29, 0.717) is 6.04 Å². The van der Waals surface area contributed by atoms with Gasteiger partial charge in [-0.25, -0.2) is 4.79 Å². The predicted octanol–water partition coefficient (Wildman–Crippen LogP) is 1.99. The van der Waals surface area contributed by atoms with E-state index >= 15 is 0 Å². The zero-order valence-corrected chi connectivity index (χ0v) is 11.0. The first-order valence-electron chi connectivity index (χ1n) is 6.02. The van der Waals surface area contributed by atoms with Gasteiger partial charge in [-0.1, -0.05) is 0 Å². The first-order chi connectivity index (χ1) is 7.29. The third-order valence-corrected chi connectivity index (χ3v) is 2.70. The van der Waals surface area contributed by atoms with E-state index in [0.717, 1.165) is 19.5 Å². The summed E-state index contributed by atoms with van der Waals surface area (Å²) in [5.41, 5.74) is -0.415. The number of amides is 1. The van der Waals surface area contributed by atoms with E-state index in [-0.39, 0.29) is 12.1 Å². The van der Waals surface area contributed by atoms with Crippen LogP contribution in [-0.4, -0.2) is 41.8 Å². The molecule has 1 amide bonds. The number of carbonyl (C=O) groups excluding carboxylic acids is 1. The smallest absolute Gasteiger partial charge is 0.410 e. The molecule has 94 valence electrons. The van der Waals surface area contributed by atoms with E-state index in [4.69, 9.17) is 4.74 Å². The molecule has 4 nitrogen and oxygen atoms in total. The standard InChI is InChI=1S/C12H24N2O2/c1-9-8-10(2)14(7-6-13-9)11(15)16-12(3,4)5/h9-10,13H,6-8H2,1-5H3/t9-,10+/m1/s1. The van der Waals surface area contributed by atoms with Crippen molar-refractivity contribution in [3.8, 4) is 0 Å². The van der Waals surface area contributed by atoms with E-state index in [1.54, 1.807) is 0 Å². The van der Waals surface area contributed by atoms with Gasteiger partial charge in [0.25, 0.3) is 0 Å². The zero-order chi connectivity index (χ0) is 12.3. The molecule has 4 heteroatoms. The molecular weight excluding hydrogens is 204 g/mol. The number of rotatable bonds is 0. The lowest BCUT2D eigenvalue weighted by Gasteiger charge is -2.30. The number of ether oxygens (including phenoxy) is 1. The van der Waals surface area contributed by atoms with Crippen LogP contribution in [0.25, 0.3) is 0 Å². The molecule has 16 heavy (non-hydrogen) atoms. The van der Waals surface area contributed by atoms with Crippen molar-refractivity contribution in [1.82, 2.24) is 10.2 Å². The molecule has 1 rings (SSSR count). The topological polar surface area (TPSA) is 41.6 Å². The molecule has 0 saturated carbocycles. The molecule has 1 aliphatic heterocycles. The molecular formula is C12H24N2O2. The largest absolute Gasteiger partial charge is 0.444 e. The van der Waals surface area contributed by atoms with Crippen molar-refractivity contribution in [2.24, 2.45) is 0 Å². The van der Waals surface area contributed by atoms with Gasteiger partial charge in [0.1, 0.15) is 5.60 Å². The average molecular weight is 228 g/mol. The molecule has 1 fully saturated rings. The highest BCUT2D eigenvalue weighted by Gasteiger charge is 2.28. The zero-order valence-electron chi connectivity index (χ0n) is 11.0. The van der Waals surface area contributed by atoms with E-state index < -0.39 is 5.60 Å². The Morgan fingerprint density at radius 3 is 2.56 bits per heavy atom. The van der Waals surface area contributed by atoms with Crippen molar-refractivity contribution in [1.29, 1.82) is 0 Å². The summed E-state index contributed by atoms with van der Waals surface area (Å²) in [6.07, 6.45) is 0.773. The molecule has 0 aliphatic carbocycles. The normalized spacial score (nSPS) is 27.4. The van der Waals surface area contributed by atoms with Gasteiger partial charge in [-0.2, -0.15) is 0 Å². The Hall–Kier alpha value is -0.770. The second kappa shape index (κ2) is 5.04. The maximum absolute atomic E-state index is 12.0. The second-order valence-corrected chi connectivity index (χ2v) is 5.61. The number of carbonyl (C=O) groups is 1. The van der Waals surface area contributed by atoms with E-state index in [2.05, 4.69) is 19.2 Å². The number of hydrogen-bond donors (Lipinski definition) is 1. The fraction of sp³-hybridized carbons (Fsp3) is 0.917. The van der Waals surface area contributed by atoms with Crippen molar-refractivity contribution in [3.63, 3.8) is 0 Å². The first-order valence-corrected chi connectivity index (χ1v) is 6.02. The minimum Gasteiger partial charge on any atom is -0.444 e. The third kappa shape index (κ3) is 4.00. The summed E-state index contributed by atoms with van der Waals surface area (Å²) in [6, 6.07) is 0.697. The van der Waals surface area contributed by atoms with Crippen molar-refractivity contribution in [2.45, 2.75) is 58.7 Å². The average Bonchev–Trinajstić information content (AvgIpc) is 2.23. The number of nitrogens with zero attached hydrogens (tertiary/aromatic N) is 1. The molecule has 0 unspecified atom stereocenters. The van der Waals surface area contributed by atoms with Crippen LogP contribution < -0.4 is 5.32 Å². The molecule has 0 spiro atoms. The quantitative estimate of drug-likeness (QED) is 0.689. The lowest BCUT2D eigenvalue weighted by molar-refractivity contribution is 0.0188. The van der Waals surface area contributed by atoms with Gasteiger partial charge in [0.05, 0.1) is 0 Å². The Labute approximate surface area is 98.3 Å². The highest BCUT2D eigenvalue weighted by atomic mass is 16.6. The maximum atomic E-state index is 12.0. The van der Waals surface area contributed by atoms with E-state index in [1.807, 2.05) is 25.7 Å². The highest BCUT2D eigenvalue weighted by Crippen LogP contribution is 2.15. The Bertz CT molecular complexity index is 248. The highest BCUT2D eigenvalue weighted by molar-refractivity contribution is 5.68. The Morgan fingerprint density at radius 2 is 2.00 bits per heavy atom. The molecule has 1 N–H and O–H groups in total. The summed E-state index contributed by atoms with van der Waals surface area (Å²) in [5.74, 6) is 0. The molecule has 1 heterocycles. The van der Waals surface area contributed by atoms with Crippen molar-refractivity contribution < 1.29 is 9.53 Å². The Kier molecular flexibility index (Phi) is 4.19. The molecule has 0 aromatic rings. The lowest BCUT2D eigenvalue weighted by Crippen LogP contribution is -2.42. The van der Waals surface area contributed by atoms with E-state index in [1.165, 1.54) is 0 Å². The summed E-state index contributed by atoms with van der Waals surface area (Å²) in [7, 11) is 0. The molecule has 0 aromatic carbocycles. The second-order valence-electron chi connectivity index (χ2n) is 5.61. The summed E-state index contributed by atoms with van der Waals surface area (Å²) in [6.45, 7) is 11.5. The maximum Gasteiger partial charge on any atom is 0.410 e. The fourth-order valence-corrected chi connectivity index (χ4v) is 1.97. The summed E-state index contributed by atoms with van der Waals surface area (Å²) in [4.78, 5) is 13.8. The number of nitrogens with one attached hydrogen (secondary N) is 1. The van der Waals surface area contributed by atoms with Crippen molar-refractivity contribution in [2.75, 3.05) is 13.1 Å². The monoisotopic (exact) mass is 228 g/mol. The molecule has 1 saturated heterocycles. The van der Waals surface area contributed by atoms with Gasteiger partial charge in [0, 0.05) is 25.2 Å². The minimum atomic E-state index is -0.415. The van der Waals surface area contributed by atoms with Crippen LogP contribution in [0, 0.1) is 0 Å². The predicted molar refractivity (Wildman–Crippen MR) is 64.5 cm³/mol. The van der Waals surface area contributed by atoms with Crippen LogP contribution in [-0.2, 0) is 4.74 Å².